The molecular weight excluding hydrogens is 180 g/mol. The van der Waals surface area contributed by atoms with E-state index in [9.17, 15) is 4.79 Å². The molecule has 5 heteroatoms. The normalized spacial score (nSPS) is 9.71. The number of nitrogens with one attached hydrogen (secondary N) is 3. The standard InChI is InChI=1S/C9H14N4O/c10-8(11)4-2-6-13-9(14)7-3-1-5-12-7/h1,3,5,12H,2,4,6H2,(H3,10,11)(H,13,14). The SMILES string of the molecule is N=C(N)CCCNC(=O)c1ccc[nH]1. The molecule has 0 radical (unpaired) electrons. The zero-order valence-electron chi connectivity index (χ0n) is 7.84. The molecule has 0 aliphatic heterocycles. The minimum absolute atomic E-state index is 0.126. The largest absolute Gasteiger partial charge is 0.388 e. The van der Waals surface area contributed by atoms with Crippen molar-refractivity contribution in [2.24, 2.45) is 5.73 Å². The van der Waals surface area contributed by atoms with Crippen LogP contribution in [0.5, 0.6) is 0 Å². The number of aromatic nitrogens is 1. The van der Waals surface area contributed by atoms with Gasteiger partial charge in [-0.1, -0.05) is 0 Å². The van der Waals surface area contributed by atoms with Gasteiger partial charge in [-0.15, -0.1) is 0 Å². The molecule has 0 spiro atoms. The summed E-state index contributed by atoms with van der Waals surface area (Å²) in [5.41, 5.74) is 5.72. The summed E-state index contributed by atoms with van der Waals surface area (Å²) >= 11 is 0. The molecule has 1 heterocycles. The molecule has 0 bridgehead atoms. The molecule has 0 fully saturated rings. The molecular formula is C9H14N4O. The van der Waals surface area contributed by atoms with Gasteiger partial charge in [0.25, 0.3) is 5.91 Å². The van der Waals surface area contributed by atoms with Crippen LogP contribution in [-0.2, 0) is 0 Å². The average molecular weight is 194 g/mol. The first kappa shape index (κ1) is 10.3. The Kier molecular flexibility index (Phi) is 3.72. The Balaban J connectivity index is 2.19. The quantitative estimate of drug-likeness (QED) is 0.311. The van der Waals surface area contributed by atoms with Crippen LogP contribution in [0.25, 0.3) is 0 Å². The van der Waals surface area contributed by atoms with E-state index >= 15 is 0 Å². The highest BCUT2D eigenvalue weighted by Gasteiger charge is 2.03. The number of nitrogens with two attached hydrogens (primary N) is 1. The molecule has 76 valence electrons. The number of rotatable bonds is 5. The number of H-pyrrole nitrogens is 1. The summed E-state index contributed by atoms with van der Waals surface area (Å²) in [5.74, 6) is 0.0256. The molecule has 5 nitrogen and oxygen atoms in total. The lowest BCUT2D eigenvalue weighted by Gasteiger charge is -2.02. The van der Waals surface area contributed by atoms with Crippen LogP contribution in [0.3, 0.4) is 0 Å². The van der Waals surface area contributed by atoms with Gasteiger partial charge in [0.2, 0.25) is 0 Å². The summed E-state index contributed by atoms with van der Waals surface area (Å²) in [6.07, 6.45) is 2.91. The average Bonchev–Trinajstić information content (AvgIpc) is 2.64. The third-order valence-electron chi connectivity index (χ3n) is 1.75. The summed E-state index contributed by atoms with van der Waals surface area (Å²) < 4.78 is 0. The molecule has 0 atom stereocenters. The van der Waals surface area contributed by atoms with E-state index in [2.05, 4.69) is 10.3 Å². The molecule has 0 aliphatic rings. The monoisotopic (exact) mass is 194 g/mol. The Bertz CT molecular complexity index is 305. The van der Waals surface area contributed by atoms with Crippen LogP contribution in [0.15, 0.2) is 18.3 Å². The van der Waals surface area contributed by atoms with Gasteiger partial charge in [0.05, 0.1) is 5.84 Å². The van der Waals surface area contributed by atoms with Crippen molar-refractivity contribution in [2.45, 2.75) is 12.8 Å². The van der Waals surface area contributed by atoms with Crippen molar-refractivity contribution in [2.75, 3.05) is 6.54 Å². The van der Waals surface area contributed by atoms with E-state index in [1.807, 2.05) is 0 Å². The summed E-state index contributed by atoms with van der Waals surface area (Å²) in [5, 5.41) is 9.70. The van der Waals surface area contributed by atoms with E-state index in [4.69, 9.17) is 11.1 Å². The predicted molar refractivity (Wildman–Crippen MR) is 54.3 cm³/mol. The van der Waals surface area contributed by atoms with Crippen molar-refractivity contribution in [1.29, 1.82) is 5.41 Å². The fraction of sp³-hybridized carbons (Fsp3) is 0.333. The van der Waals surface area contributed by atoms with Gasteiger partial charge in [-0.05, 0) is 18.6 Å². The number of carbonyl (C=O) groups is 1. The zero-order chi connectivity index (χ0) is 10.4. The molecule has 14 heavy (non-hydrogen) atoms. The van der Waals surface area contributed by atoms with Crippen molar-refractivity contribution < 1.29 is 4.79 Å². The zero-order valence-corrected chi connectivity index (χ0v) is 7.84. The lowest BCUT2D eigenvalue weighted by molar-refractivity contribution is 0.0949. The number of amidine groups is 1. The molecule has 1 amide bonds. The Morgan fingerprint density at radius 3 is 3.00 bits per heavy atom. The Hall–Kier alpha value is -1.78. The van der Waals surface area contributed by atoms with E-state index in [0.29, 0.717) is 25.1 Å². The molecule has 1 rings (SSSR count). The topological polar surface area (TPSA) is 94.8 Å². The van der Waals surface area contributed by atoms with E-state index in [1.54, 1.807) is 18.3 Å². The first-order chi connectivity index (χ1) is 6.70. The Morgan fingerprint density at radius 2 is 2.43 bits per heavy atom. The van der Waals surface area contributed by atoms with Crippen LogP contribution in [0.4, 0.5) is 0 Å². The van der Waals surface area contributed by atoms with Crippen LogP contribution in [-0.4, -0.2) is 23.3 Å². The van der Waals surface area contributed by atoms with Crippen molar-refractivity contribution in [3.8, 4) is 0 Å². The number of hydrogen-bond donors (Lipinski definition) is 4. The second-order valence-electron chi connectivity index (χ2n) is 2.97. The smallest absolute Gasteiger partial charge is 0.267 e. The number of carbonyl (C=O) groups excluding carboxylic acids is 1. The summed E-state index contributed by atoms with van der Waals surface area (Å²) in [6, 6.07) is 3.48. The van der Waals surface area contributed by atoms with E-state index in [-0.39, 0.29) is 11.7 Å². The maximum atomic E-state index is 11.3. The number of aromatic amines is 1. The van der Waals surface area contributed by atoms with Crippen molar-refractivity contribution in [3.05, 3.63) is 24.0 Å². The van der Waals surface area contributed by atoms with Gasteiger partial charge in [0.15, 0.2) is 0 Å². The Morgan fingerprint density at radius 1 is 1.64 bits per heavy atom. The fourth-order valence-electron chi connectivity index (χ4n) is 1.05. The summed E-state index contributed by atoms with van der Waals surface area (Å²) in [6.45, 7) is 0.539. The molecule has 0 saturated heterocycles. The van der Waals surface area contributed by atoms with Crippen molar-refractivity contribution in [3.63, 3.8) is 0 Å². The molecule has 1 aromatic heterocycles. The highest BCUT2D eigenvalue weighted by Crippen LogP contribution is 1.94. The molecule has 0 aromatic carbocycles. The van der Waals surface area contributed by atoms with Crippen LogP contribution in [0.2, 0.25) is 0 Å². The Labute approximate surface area is 82.2 Å². The molecule has 0 unspecified atom stereocenters. The summed E-state index contributed by atoms with van der Waals surface area (Å²) in [7, 11) is 0. The molecule has 0 aliphatic carbocycles. The van der Waals surface area contributed by atoms with Crippen LogP contribution < -0.4 is 11.1 Å². The van der Waals surface area contributed by atoms with Gasteiger partial charge >= 0.3 is 0 Å². The van der Waals surface area contributed by atoms with E-state index in [1.165, 1.54) is 0 Å². The highest BCUT2D eigenvalue weighted by molar-refractivity contribution is 5.92. The number of hydrogen-bond acceptors (Lipinski definition) is 2. The second kappa shape index (κ2) is 5.06. The third kappa shape index (κ3) is 3.30. The minimum Gasteiger partial charge on any atom is -0.388 e. The first-order valence-electron chi connectivity index (χ1n) is 4.44. The van der Waals surface area contributed by atoms with Gasteiger partial charge in [0.1, 0.15) is 5.69 Å². The third-order valence-corrected chi connectivity index (χ3v) is 1.75. The maximum Gasteiger partial charge on any atom is 0.267 e. The van der Waals surface area contributed by atoms with E-state index in [0.717, 1.165) is 0 Å². The maximum absolute atomic E-state index is 11.3. The van der Waals surface area contributed by atoms with Crippen molar-refractivity contribution in [1.82, 2.24) is 10.3 Å². The van der Waals surface area contributed by atoms with Gasteiger partial charge in [-0.2, -0.15) is 0 Å². The predicted octanol–water partition coefficient (Wildman–Crippen LogP) is 0.461. The van der Waals surface area contributed by atoms with Gasteiger partial charge < -0.3 is 16.0 Å². The summed E-state index contributed by atoms with van der Waals surface area (Å²) in [4.78, 5) is 14.1. The lowest BCUT2D eigenvalue weighted by Crippen LogP contribution is -2.25. The molecule has 1 aromatic rings. The minimum atomic E-state index is -0.126. The van der Waals surface area contributed by atoms with Crippen LogP contribution in [0, 0.1) is 5.41 Å². The number of amides is 1. The van der Waals surface area contributed by atoms with Gasteiger partial charge in [-0.3, -0.25) is 10.2 Å². The van der Waals surface area contributed by atoms with Gasteiger partial charge in [0, 0.05) is 19.2 Å². The first-order valence-corrected chi connectivity index (χ1v) is 4.44. The van der Waals surface area contributed by atoms with Crippen molar-refractivity contribution >= 4 is 11.7 Å². The fourth-order valence-corrected chi connectivity index (χ4v) is 1.05. The van der Waals surface area contributed by atoms with Crippen LogP contribution in [0.1, 0.15) is 23.3 Å². The van der Waals surface area contributed by atoms with E-state index < -0.39 is 0 Å². The lowest BCUT2D eigenvalue weighted by atomic mass is 10.3. The molecule has 0 saturated carbocycles. The van der Waals surface area contributed by atoms with Crippen LogP contribution >= 0.6 is 0 Å². The molecule has 5 N–H and O–H groups in total. The second-order valence-corrected chi connectivity index (χ2v) is 2.97. The highest BCUT2D eigenvalue weighted by atomic mass is 16.1. The van der Waals surface area contributed by atoms with Gasteiger partial charge in [-0.25, -0.2) is 0 Å².